The fraction of sp³-hybridized carbons (Fsp3) is 0.600. The molecule has 4 nitrogen and oxygen atoms in total. The maximum atomic E-state index is 11.7. The third-order valence-corrected chi connectivity index (χ3v) is 5.20. The predicted molar refractivity (Wildman–Crippen MR) is 90.6 cm³/mol. The van der Waals surface area contributed by atoms with Crippen LogP contribution in [0.2, 0.25) is 0 Å². The lowest BCUT2D eigenvalue weighted by atomic mass is 10.2. The monoisotopic (exact) mass is 377 g/mol. The minimum absolute atomic E-state index is 0.0634. The minimum Gasteiger partial charge on any atom is -0.492 e. The first-order valence-corrected chi connectivity index (χ1v) is 9.80. The van der Waals surface area contributed by atoms with Crippen molar-refractivity contribution in [1.82, 2.24) is 5.32 Å². The Hall–Kier alpha value is -0.590. The predicted octanol–water partition coefficient (Wildman–Crippen LogP) is 3.15. The molecular weight excluding hydrogens is 354 g/mol. The molecule has 0 heterocycles. The first kappa shape index (κ1) is 18.5. The van der Waals surface area contributed by atoms with E-state index in [1.807, 2.05) is 25.1 Å². The number of nitrogens with one attached hydrogen (secondary N) is 1. The molecule has 1 aromatic carbocycles. The maximum absolute atomic E-state index is 11.7. The normalized spacial score (nSPS) is 11.9. The van der Waals surface area contributed by atoms with Crippen LogP contribution in [0.3, 0.4) is 0 Å². The summed E-state index contributed by atoms with van der Waals surface area (Å²) in [5.41, 5.74) is 1.02. The number of rotatable bonds is 9. The molecule has 0 aliphatic carbocycles. The van der Waals surface area contributed by atoms with Gasteiger partial charge in [-0.3, -0.25) is 0 Å². The highest BCUT2D eigenvalue weighted by atomic mass is 79.9. The molecule has 0 aliphatic rings. The van der Waals surface area contributed by atoms with E-state index in [9.17, 15) is 8.42 Å². The summed E-state index contributed by atoms with van der Waals surface area (Å²) in [5, 5.41) is 3.34. The van der Waals surface area contributed by atoms with E-state index in [4.69, 9.17) is 4.74 Å². The minimum atomic E-state index is -3.00. The first-order valence-electron chi connectivity index (χ1n) is 7.19. The van der Waals surface area contributed by atoms with Gasteiger partial charge >= 0.3 is 0 Å². The van der Waals surface area contributed by atoms with Gasteiger partial charge in [0.05, 0.1) is 11.5 Å². The number of hydrogen-bond donors (Lipinski definition) is 1. The molecule has 1 N–H and O–H groups in total. The Morgan fingerprint density at radius 2 is 2.00 bits per heavy atom. The lowest BCUT2D eigenvalue weighted by Crippen LogP contribution is -2.22. The number of sulfone groups is 1. The van der Waals surface area contributed by atoms with E-state index in [-0.39, 0.29) is 18.1 Å². The molecule has 0 aromatic heterocycles. The van der Waals surface area contributed by atoms with Crippen LogP contribution in [0, 0.1) is 0 Å². The van der Waals surface area contributed by atoms with Gasteiger partial charge in [0.1, 0.15) is 12.4 Å². The lowest BCUT2D eigenvalue weighted by molar-refractivity contribution is 0.335. The molecule has 0 saturated carbocycles. The van der Waals surface area contributed by atoms with Gasteiger partial charge in [-0.25, -0.2) is 8.42 Å². The summed E-state index contributed by atoms with van der Waals surface area (Å²) in [5.74, 6) is 1.02. The molecule has 0 unspecified atom stereocenters. The number of ether oxygens (including phenoxy) is 1. The second-order valence-electron chi connectivity index (χ2n) is 5.29. The Balaban J connectivity index is 2.65. The van der Waals surface area contributed by atoms with Gasteiger partial charge in [0.25, 0.3) is 0 Å². The third-order valence-electron chi connectivity index (χ3n) is 2.89. The SMILES string of the molecule is CCCS(=O)(=O)CCOc1ccc(Br)cc1CNC(C)C. The fourth-order valence-electron chi connectivity index (χ4n) is 1.83. The summed E-state index contributed by atoms with van der Waals surface area (Å²) in [7, 11) is -3.00. The molecule has 1 aromatic rings. The van der Waals surface area contributed by atoms with Gasteiger partial charge in [-0.05, 0) is 24.6 Å². The van der Waals surface area contributed by atoms with E-state index in [2.05, 4.69) is 35.1 Å². The molecule has 0 aliphatic heterocycles. The van der Waals surface area contributed by atoms with E-state index in [1.165, 1.54) is 0 Å². The summed E-state index contributed by atoms with van der Waals surface area (Å²) < 4.78 is 30.0. The highest BCUT2D eigenvalue weighted by Gasteiger charge is 2.11. The molecular formula is C15H24BrNO3S. The van der Waals surface area contributed by atoms with Crippen LogP contribution >= 0.6 is 15.9 Å². The summed E-state index contributed by atoms with van der Waals surface area (Å²) in [6, 6.07) is 6.13. The maximum Gasteiger partial charge on any atom is 0.153 e. The van der Waals surface area contributed by atoms with Crippen molar-refractivity contribution in [1.29, 1.82) is 0 Å². The fourth-order valence-corrected chi connectivity index (χ4v) is 3.40. The zero-order valence-corrected chi connectivity index (χ0v) is 15.3. The zero-order valence-electron chi connectivity index (χ0n) is 12.9. The molecule has 0 atom stereocenters. The third kappa shape index (κ3) is 7.29. The molecule has 0 bridgehead atoms. The second kappa shape index (κ2) is 8.76. The average Bonchev–Trinajstić information content (AvgIpc) is 2.38. The van der Waals surface area contributed by atoms with Crippen molar-refractivity contribution in [3.63, 3.8) is 0 Å². The molecule has 120 valence electrons. The quantitative estimate of drug-likeness (QED) is 0.717. The summed E-state index contributed by atoms with van der Waals surface area (Å²) in [6.07, 6.45) is 0.643. The van der Waals surface area contributed by atoms with E-state index < -0.39 is 9.84 Å². The Kier molecular flexibility index (Phi) is 7.70. The Morgan fingerprint density at radius 1 is 1.29 bits per heavy atom. The van der Waals surface area contributed by atoms with Gasteiger partial charge in [0, 0.05) is 22.6 Å². The van der Waals surface area contributed by atoms with E-state index in [0.29, 0.717) is 19.0 Å². The second-order valence-corrected chi connectivity index (χ2v) is 8.51. The lowest BCUT2D eigenvalue weighted by Gasteiger charge is -2.14. The van der Waals surface area contributed by atoms with Crippen molar-refractivity contribution in [2.45, 2.75) is 39.8 Å². The Morgan fingerprint density at radius 3 is 2.62 bits per heavy atom. The summed E-state index contributed by atoms with van der Waals surface area (Å²) in [4.78, 5) is 0. The van der Waals surface area contributed by atoms with Gasteiger partial charge in [-0.15, -0.1) is 0 Å². The summed E-state index contributed by atoms with van der Waals surface area (Å²) >= 11 is 3.44. The van der Waals surface area contributed by atoms with Crippen LogP contribution in [0.1, 0.15) is 32.8 Å². The molecule has 6 heteroatoms. The van der Waals surface area contributed by atoms with Crippen LogP contribution in [-0.2, 0) is 16.4 Å². The van der Waals surface area contributed by atoms with Crippen LogP contribution < -0.4 is 10.1 Å². The van der Waals surface area contributed by atoms with Crippen molar-refractivity contribution in [2.75, 3.05) is 18.1 Å². The number of halogens is 1. The van der Waals surface area contributed by atoms with Gasteiger partial charge in [0.2, 0.25) is 0 Å². The topological polar surface area (TPSA) is 55.4 Å². The average molecular weight is 378 g/mol. The smallest absolute Gasteiger partial charge is 0.153 e. The molecule has 0 spiro atoms. The van der Waals surface area contributed by atoms with Crippen molar-refractivity contribution < 1.29 is 13.2 Å². The standard InChI is InChI=1S/C15H24BrNO3S/c1-4-8-21(18,19)9-7-20-15-6-5-14(16)10-13(15)11-17-12(2)3/h5-6,10,12,17H,4,7-9,11H2,1-3H3. The first-order chi connectivity index (χ1) is 9.84. The number of benzene rings is 1. The van der Waals surface area contributed by atoms with Crippen LogP contribution in [0.15, 0.2) is 22.7 Å². The largest absolute Gasteiger partial charge is 0.492 e. The Bertz CT molecular complexity index is 544. The van der Waals surface area contributed by atoms with Gasteiger partial charge < -0.3 is 10.1 Å². The molecule has 21 heavy (non-hydrogen) atoms. The van der Waals surface area contributed by atoms with E-state index in [0.717, 1.165) is 15.8 Å². The van der Waals surface area contributed by atoms with E-state index >= 15 is 0 Å². The van der Waals surface area contributed by atoms with Crippen molar-refractivity contribution >= 4 is 25.8 Å². The van der Waals surface area contributed by atoms with Crippen molar-refractivity contribution in [2.24, 2.45) is 0 Å². The molecule has 0 fully saturated rings. The highest BCUT2D eigenvalue weighted by molar-refractivity contribution is 9.10. The molecule has 1 rings (SSSR count). The van der Waals surface area contributed by atoms with Gasteiger partial charge in [-0.1, -0.05) is 36.7 Å². The van der Waals surface area contributed by atoms with E-state index in [1.54, 1.807) is 0 Å². The van der Waals surface area contributed by atoms with Gasteiger partial charge in [-0.2, -0.15) is 0 Å². The zero-order chi connectivity index (χ0) is 15.9. The Labute approximate surface area is 136 Å². The highest BCUT2D eigenvalue weighted by Crippen LogP contribution is 2.23. The molecule has 0 saturated heterocycles. The number of hydrogen-bond acceptors (Lipinski definition) is 4. The summed E-state index contributed by atoms with van der Waals surface area (Å²) in [6.45, 7) is 6.90. The van der Waals surface area contributed by atoms with Crippen LogP contribution in [0.25, 0.3) is 0 Å². The van der Waals surface area contributed by atoms with Crippen LogP contribution in [-0.4, -0.2) is 32.6 Å². The molecule has 0 radical (unpaired) electrons. The van der Waals surface area contributed by atoms with Crippen molar-refractivity contribution in [3.05, 3.63) is 28.2 Å². The molecule has 0 amide bonds. The van der Waals surface area contributed by atoms with Crippen molar-refractivity contribution in [3.8, 4) is 5.75 Å². The van der Waals surface area contributed by atoms with Crippen LogP contribution in [0.4, 0.5) is 0 Å². The van der Waals surface area contributed by atoms with Crippen LogP contribution in [0.5, 0.6) is 5.75 Å². The van der Waals surface area contributed by atoms with Gasteiger partial charge in [0.15, 0.2) is 9.84 Å².